The molecule has 1 heterocycles. The molecule has 0 amide bonds. The van der Waals surface area contributed by atoms with E-state index in [-0.39, 0.29) is 17.1 Å². The van der Waals surface area contributed by atoms with Crippen LogP contribution in [0.25, 0.3) is 11.4 Å². The molecular formula is C32H37N3O4. The van der Waals surface area contributed by atoms with Gasteiger partial charge in [0.15, 0.2) is 5.82 Å². The van der Waals surface area contributed by atoms with Crippen LogP contribution in [0.15, 0.2) is 78.9 Å². The monoisotopic (exact) mass is 527 g/mol. The molecule has 0 aliphatic heterocycles. The third-order valence-corrected chi connectivity index (χ3v) is 5.96. The zero-order chi connectivity index (χ0) is 27.9. The molecule has 0 fully saturated rings. The van der Waals surface area contributed by atoms with Crippen molar-refractivity contribution in [1.82, 2.24) is 15.0 Å². The maximum absolute atomic E-state index is 11.7. The Morgan fingerprint density at radius 3 is 1.77 bits per heavy atom. The minimum atomic E-state index is -0.565. The number of hydrogen-bond acceptors (Lipinski definition) is 7. The van der Waals surface area contributed by atoms with Gasteiger partial charge in [-0.2, -0.15) is 0 Å². The molecule has 2 N–H and O–H groups in total. The predicted octanol–water partition coefficient (Wildman–Crippen LogP) is 7.32. The summed E-state index contributed by atoms with van der Waals surface area (Å²) in [5.41, 5.74) is 0.842. The first-order valence-corrected chi connectivity index (χ1v) is 13.6. The van der Waals surface area contributed by atoms with Gasteiger partial charge in [0.05, 0.1) is 5.56 Å². The van der Waals surface area contributed by atoms with Crippen LogP contribution < -0.4 is 4.74 Å². The first-order chi connectivity index (χ1) is 19.0. The fourth-order valence-corrected chi connectivity index (χ4v) is 3.84. The van der Waals surface area contributed by atoms with Gasteiger partial charge < -0.3 is 14.9 Å². The highest BCUT2D eigenvalue weighted by Crippen LogP contribution is 2.26. The third-order valence-electron chi connectivity index (χ3n) is 5.96. The van der Waals surface area contributed by atoms with E-state index in [0.717, 1.165) is 37.3 Å². The van der Waals surface area contributed by atoms with Crippen LogP contribution in [-0.2, 0) is 12.8 Å². The molecule has 4 rings (SSSR count). The fourth-order valence-electron chi connectivity index (χ4n) is 3.84. The number of carbonyl (C=O) groups excluding carboxylic acids is 1. The van der Waals surface area contributed by atoms with Gasteiger partial charge >= 0.3 is 5.97 Å². The number of aryl methyl sites for hydroxylation is 2. The number of carbonyl (C=O) groups is 1. The van der Waals surface area contributed by atoms with Crippen LogP contribution in [0, 0.1) is 0 Å². The zero-order valence-electron chi connectivity index (χ0n) is 22.7. The van der Waals surface area contributed by atoms with Crippen molar-refractivity contribution in [3.63, 3.8) is 0 Å². The van der Waals surface area contributed by atoms with Crippen LogP contribution in [-0.4, -0.2) is 31.1 Å². The lowest BCUT2D eigenvalue weighted by Gasteiger charge is -2.08. The molecule has 0 saturated carbocycles. The largest absolute Gasteiger partial charge is 0.507 e. The Morgan fingerprint density at radius 2 is 1.21 bits per heavy atom. The normalized spacial score (nSPS) is 10.4. The van der Waals surface area contributed by atoms with Gasteiger partial charge in [-0.25, -0.2) is 19.7 Å². The van der Waals surface area contributed by atoms with Crippen molar-refractivity contribution >= 4 is 5.97 Å². The summed E-state index contributed by atoms with van der Waals surface area (Å²) in [6, 6.07) is 22.2. The molecule has 0 spiro atoms. The number of phenolic OH excluding ortho intramolecular Hbond substituents is 2. The minimum absolute atomic E-state index is 0.0802. The van der Waals surface area contributed by atoms with E-state index in [4.69, 9.17) is 4.74 Å². The minimum Gasteiger partial charge on any atom is -0.507 e. The van der Waals surface area contributed by atoms with Crippen molar-refractivity contribution in [3.05, 3.63) is 96.1 Å². The molecular weight excluding hydrogens is 490 g/mol. The van der Waals surface area contributed by atoms with E-state index in [9.17, 15) is 15.0 Å². The number of para-hydroxylation sites is 3. The average Bonchev–Trinajstić information content (AvgIpc) is 2.95. The summed E-state index contributed by atoms with van der Waals surface area (Å²) in [6.07, 6.45) is 8.66. The molecule has 0 atom stereocenters. The molecule has 0 radical (unpaired) electrons. The summed E-state index contributed by atoms with van der Waals surface area (Å²) < 4.78 is 5.08. The Labute approximate surface area is 230 Å². The maximum atomic E-state index is 11.7. The van der Waals surface area contributed by atoms with E-state index in [0.29, 0.717) is 17.1 Å². The highest BCUT2D eigenvalue weighted by atomic mass is 16.5. The summed E-state index contributed by atoms with van der Waals surface area (Å²) in [6.45, 7) is 4.38. The van der Waals surface area contributed by atoms with E-state index < -0.39 is 5.97 Å². The van der Waals surface area contributed by atoms with Gasteiger partial charge in [-0.15, -0.1) is 0 Å². The second-order valence-corrected chi connectivity index (χ2v) is 9.14. The highest BCUT2D eigenvalue weighted by molar-refractivity contribution is 5.93. The SMILES string of the molecule is CCCCCc1nc(CCCCC)nc(-c2ccccc2O)n1.O=C(Oc1ccccc1)c1ccccc1O. The lowest BCUT2D eigenvalue weighted by Crippen LogP contribution is -2.08. The van der Waals surface area contributed by atoms with Gasteiger partial charge in [0.25, 0.3) is 0 Å². The number of benzene rings is 3. The summed E-state index contributed by atoms with van der Waals surface area (Å²) in [5, 5.41) is 19.5. The summed E-state index contributed by atoms with van der Waals surface area (Å²) in [4.78, 5) is 25.4. The maximum Gasteiger partial charge on any atom is 0.347 e. The quantitative estimate of drug-likeness (QED) is 0.120. The Balaban J connectivity index is 0.000000230. The fraction of sp³-hybridized carbons (Fsp3) is 0.312. The van der Waals surface area contributed by atoms with Gasteiger partial charge in [-0.1, -0.05) is 82.0 Å². The van der Waals surface area contributed by atoms with Crippen molar-refractivity contribution < 1.29 is 19.7 Å². The van der Waals surface area contributed by atoms with E-state index in [2.05, 4.69) is 28.8 Å². The number of unbranched alkanes of at least 4 members (excludes halogenated alkanes) is 4. The molecule has 7 heteroatoms. The van der Waals surface area contributed by atoms with Gasteiger partial charge in [-0.3, -0.25) is 0 Å². The second-order valence-electron chi connectivity index (χ2n) is 9.14. The number of aromatic hydroxyl groups is 2. The number of phenols is 2. The number of hydrogen-bond donors (Lipinski definition) is 2. The number of aromatic nitrogens is 3. The lowest BCUT2D eigenvalue weighted by molar-refractivity contribution is 0.0731. The number of ether oxygens (including phenoxy) is 1. The molecule has 39 heavy (non-hydrogen) atoms. The van der Waals surface area contributed by atoms with E-state index in [1.54, 1.807) is 42.5 Å². The number of rotatable bonds is 11. The van der Waals surface area contributed by atoms with E-state index in [1.165, 1.54) is 37.8 Å². The second kappa shape index (κ2) is 15.9. The molecule has 3 aromatic carbocycles. The lowest BCUT2D eigenvalue weighted by atomic mass is 10.1. The molecule has 204 valence electrons. The van der Waals surface area contributed by atoms with Crippen molar-refractivity contribution in [2.24, 2.45) is 0 Å². The average molecular weight is 528 g/mol. The van der Waals surface area contributed by atoms with Gasteiger partial charge in [0.1, 0.15) is 34.5 Å². The number of esters is 1. The predicted molar refractivity (Wildman–Crippen MR) is 153 cm³/mol. The zero-order valence-corrected chi connectivity index (χ0v) is 22.7. The molecule has 0 bridgehead atoms. The molecule has 1 aromatic heterocycles. The van der Waals surface area contributed by atoms with Gasteiger partial charge in [-0.05, 0) is 49.2 Å². The molecule has 0 saturated heterocycles. The smallest absolute Gasteiger partial charge is 0.347 e. The van der Waals surface area contributed by atoms with Crippen LogP contribution in [0.1, 0.15) is 74.4 Å². The van der Waals surface area contributed by atoms with E-state index >= 15 is 0 Å². The molecule has 7 nitrogen and oxygen atoms in total. The topological polar surface area (TPSA) is 105 Å². The Morgan fingerprint density at radius 1 is 0.667 bits per heavy atom. The van der Waals surface area contributed by atoms with Crippen LogP contribution in [0.3, 0.4) is 0 Å². The molecule has 4 aromatic rings. The van der Waals surface area contributed by atoms with Crippen molar-refractivity contribution in [2.45, 2.75) is 65.2 Å². The first kappa shape index (κ1) is 29.3. The molecule has 0 unspecified atom stereocenters. The summed E-state index contributed by atoms with van der Waals surface area (Å²) in [7, 11) is 0. The van der Waals surface area contributed by atoms with Gasteiger partial charge in [0.2, 0.25) is 0 Å². The number of nitrogens with zero attached hydrogens (tertiary/aromatic N) is 3. The Kier molecular flexibility index (Phi) is 11.9. The first-order valence-electron chi connectivity index (χ1n) is 13.6. The van der Waals surface area contributed by atoms with Crippen LogP contribution in [0.4, 0.5) is 0 Å². The van der Waals surface area contributed by atoms with Gasteiger partial charge in [0, 0.05) is 12.8 Å². The molecule has 0 aliphatic rings. The van der Waals surface area contributed by atoms with Crippen molar-refractivity contribution in [2.75, 3.05) is 0 Å². The summed E-state index contributed by atoms with van der Waals surface area (Å²) in [5.74, 6) is 2.31. The van der Waals surface area contributed by atoms with Crippen LogP contribution >= 0.6 is 0 Å². The highest BCUT2D eigenvalue weighted by Gasteiger charge is 2.13. The standard InChI is InChI=1S/C19H27N3O.C13H10O3/c1-3-5-7-13-17-20-18(14-8-6-4-2)22-19(21-17)15-11-9-10-12-16(15)23;14-12-9-5-4-8-11(12)13(15)16-10-6-2-1-3-7-10/h9-12,23H,3-8,13-14H2,1-2H3;1-9,14H. The summed E-state index contributed by atoms with van der Waals surface area (Å²) >= 11 is 0. The van der Waals surface area contributed by atoms with E-state index in [1.807, 2.05) is 24.3 Å². The third kappa shape index (κ3) is 9.52. The Hall–Kier alpha value is -4.26. The van der Waals surface area contributed by atoms with Crippen LogP contribution in [0.5, 0.6) is 17.2 Å². The molecule has 0 aliphatic carbocycles. The van der Waals surface area contributed by atoms with Crippen LogP contribution in [0.2, 0.25) is 0 Å². The van der Waals surface area contributed by atoms with Crippen molar-refractivity contribution in [3.8, 4) is 28.6 Å². The van der Waals surface area contributed by atoms with Crippen molar-refractivity contribution in [1.29, 1.82) is 0 Å². The Bertz CT molecular complexity index is 1280.